The molecule has 0 saturated heterocycles. The van der Waals surface area contributed by atoms with Gasteiger partial charge in [0.1, 0.15) is 5.60 Å². The predicted molar refractivity (Wildman–Crippen MR) is 108 cm³/mol. The van der Waals surface area contributed by atoms with Crippen LogP contribution in [0.5, 0.6) is 0 Å². The number of aryl methyl sites for hydroxylation is 1. The second kappa shape index (κ2) is 8.08. The number of rotatable bonds is 6. The summed E-state index contributed by atoms with van der Waals surface area (Å²) in [5.41, 5.74) is -2.16. The van der Waals surface area contributed by atoms with Crippen LogP contribution in [0.25, 0.3) is 0 Å². The molecule has 3 rings (SSSR count). The molecule has 0 amide bonds. The Balaban J connectivity index is 1.85. The SMILES string of the molecule is CSC[C@]1(O)CC[C@@](F)(C(=O)CCc2ccc(Cl)cc2Cl)c2cccnc21. The largest absolute Gasteiger partial charge is 0.383 e. The van der Waals surface area contributed by atoms with Gasteiger partial charge < -0.3 is 5.11 Å². The summed E-state index contributed by atoms with van der Waals surface area (Å²) in [5, 5.41) is 11.9. The number of ketones is 1. The zero-order valence-electron chi connectivity index (χ0n) is 14.8. The summed E-state index contributed by atoms with van der Waals surface area (Å²) >= 11 is 13.5. The number of fused-ring (bicyclic) bond motifs is 1. The van der Waals surface area contributed by atoms with Crippen molar-refractivity contribution < 1.29 is 14.3 Å². The first-order valence-corrected chi connectivity index (χ1v) is 10.8. The van der Waals surface area contributed by atoms with Crippen LogP contribution in [0.15, 0.2) is 36.5 Å². The number of thioether (sulfide) groups is 1. The van der Waals surface area contributed by atoms with Gasteiger partial charge in [0.15, 0.2) is 11.5 Å². The molecule has 1 heterocycles. The smallest absolute Gasteiger partial charge is 0.195 e. The van der Waals surface area contributed by atoms with E-state index in [9.17, 15) is 9.90 Å². The molecule has 0 saturated carbocycles. The summed E-state index contributed by atoms with van der Waals surface area (Å²) < 4.78 is 15.8. The van der Waals surface area contributed by atoms with E-state index in [2.05, 4.69) is 4.98 Å². The van der Waals surface area contributed by atoms with Crippen LogP contribution in [-0.4, -0.2) is 27.9 Å². The minimum absolute atomic E-state index is 0.00709. The van der Waals surface area contributed by atoms with Crippen molar-refractivity contribution in [3.8, 4) is 0 Å². The van der Waals surface area contributed by atoms with Gasteiger partial charge in [0, 0.05) is 34.0 Å². The second-order valence-electron chi connectivity index (χ2n) is 6.82. The predicted octanol–water partition coefficient (Wildman–Crippen LogP) is 5.10. The molecule has 0 aliphatic heterocycles. The molecular formula is C20H20Cl2FNO2S. The number of pyridine rings is 1. The van der Waals surface area contributed by atoms with Gasteiger partial charge in [0.25, 0.3) is 0 Å². The van der Waals surface area contributed by atoms with E-state index in [-0.39, 0.29) is 30.5 Å². The third kappa shape index (κ3) is 4.02. The first kappa shape index (κ1) is 20.6. The molecule has 3 nitrogen and oxygen atoms in total. The number of alkyl halides is 1. The van der Waals surface area contributed by atoms with E-state index in [1.807, 2.05) is 6.26 Å². The Morgan fingerprint density at radius 2 is 2.11 bits per heavy atom. The van der Waals surface area contributed by atoms with Crippen LogP contribution < -0.4 is 0 Å². The number of aliphatic hydroxyl groups is 1. The van der Waals surface area contributed by atoms with Crippen LogP contribution in [0.1, 0.15) is 36.1 Å². The highest BCUT2D eigenvalue weighted by molar-refractivity contribution is 7.98. The molecule has 0 fully saturated rings. The summed E-state index contributed by atoms with van der Waals surface area (Å²) in [6, 6.07) is 8.20. The average molecular weight is 428 g/mol. The molecule has 2 atom stereocenters. The van der Waals surface area contributed by atoms with E-state index < -0.39 is 17.1 Å². The molecule has 1 aliphatic rings. The van der Waals surface area contributed by atoms with Gasteiger partial charge in [-0.1, -0.05) is 35.3 Å². The van der Waals surface area contributed by atoms with Crippen molar-refractivity contribution in [1.82, 2.24) is 4.98 Å². The van der Waals surface area contributed by atoms with Crippen LogP contribution in [-0.2, 0) is 22.5 Å². The molecule has 2 aromatic rings. The number of hydrogen-bond donors (Lipinski definition) is 1. The monoisotopic (exact) mass is 427 g/mol. The molecular weight excluding hydrogens is 408 g/mol. The third-order valence-corrected chi connectivity index (χ3v) is 6.37. The van der Waals surface area contributed by atoms with Gasteiger partial charge >= 0.3 is 0 Å². The number of Topliss-reactive ketones (excluding diaryl/α,β-unsaturated/α-hetero) is 1. The standard InChI is InChI=1S/C20H20Cl2FNO2S/c1-27-12-19(26)8-9-20(23,15-3-2-10-24-18(15)19)17(25)7-5-13-4-6-14(21)11-16(13)22/h2-4,6,10-11,26H,5,7-9,12H2,1H3/t19-,20+/m1/s1. The normalized spacial score (nSPS) is 24.5. The Hall–Kier alpha value is -1.14. The molecule has 1 aromatic heterocycles. The van der Waals surface area contributed by atoms with Crippen LogP contribution in [0.2, 0.25) is 10.0 Å². The molecule has 1 N–H and O–H groups in total. The molecule has 1 aromatic carbocycles. The number of halogens is 3. The molecule has 1 aliphatic carbocycles. The number of carbonyl (C=O) groups is 1. The number of aromatic nitrogens is 1. The average Bonchev–Trinajstić information content (AvgIpc) is 2.65. The Morgan fingerprint density at radius 1 is 1.33 bits per heavy atom. The quantitative estimate of drug-likeness (QED) is 0.696. The van der Waals surface area contributed by atoms with Gasteiger partial charge in [-0.3, -0.25) is 9.78 Å². The van der Waals surface area contributed by atoms with Crippen LogP contribution in [0, 0.1) is 0 Å². The van der Waals surface area contributed by atoms with Gasteiger partial charge in [-0.05, 0) is 49.3 Å². The zero-order chi connectivity index (χ0) is 19.7. The maximum Gasteiger partial charge on any atom is 0.195 e. The lowest BCUT2D eigenvalue weighted by molar-refractivity contribution is -0.134. The fraction of sp³-hybridized carbons (Fsp3) is 0.400. The van der Waals surface area contributed by atoms with Gasteiger partial charge in [0.05, 0.1) is 5.69 Å². The van der Waals surface area contributed by atoms with Gasteiger partial charge in [-0.2, -0.15) is 11.8 Å². The van der Waals surface area contributed by atoms with E-state index in [0.717, 1.165) is 5.56 Å². The lowest BCUT2D eigenvalue weighted by Crippen LogP contribution is -2.44. The van der Waals surface area contributed by atoms with E-state index in [4.69, 9.17) is 23.2 Å². The van der Waals surface area contributed by atoms with E-state index in [0.29, 0.717) is 22.2 Å². The lowest BCUT2D eigenvalue weighted by Gasteiger charge is -2.39. The highest BCUT2D eigenvalue weighted by Gasteiger charge is 2.51. The van der Waals surface area contributed by atoms with Crippen molar-refractivity contribution in [3.05, 3.63) is 63.4 Å². The summed E-state index contributed by atoms with van der Waals surface area (Å²) in [6.07, 6.45) is 3.82. The highest BCUT2D eigenvalue weighted by Crippen LogP contribution is 2.47. The van der Waals surface area contributed by atoms with Gasteiger partial charge in [0.2, 0.25) is 0 Å². The Labute approximate surface area is 172 Å². The third-order valence-electron chi connectivity index (χ3n) is 5.02. The van der Waals surface area contributed by atoms with Crippen molar-refractivity contribution >= 4 is 40.7 Å². The molecule has 0 unspecified atom stereocenters. The minimum Gasteiger partial charge on any atom is -0.383 e. The Kier molecular flexibility index (Phi) is 6.16. The molecule has 0 spiro atoms. The van der Waals surface area contributed by atoms with Crippen LogP contribution >= 0.6 is 35.0 Å². The second-order valence-corrected chi connectivity index (χ2v) is 8.53. The minimum atomic E-state index is -2.15. The summed E-state index contributed by atoms with van der Waals surface area (Å²) in [7, 11) is 0. The fourth-order valence-corrected chi connectivity index (χ4v) is 4.83. The maximum atomic E-state index is 15.8. The first-order chi connectivity index (χ1) is 12.8. The zero-order valence-corrected chi connectivity index (χ0v) is 17.2. The van der Waals surface area contributed by atoms with Gasteiger partial charge in [-0.25, -0.2) is 4.39 Å². The summed E-state index contributed by atoms with van der Waals surface area (Å²) in [5.74, 6) is -0.115. The highest BCUT2D eigenvalue weighted by atomic mass is 35.5. The van der Waals surface area contributed by atoms with Crippen molar-refractivity contribution in [2.75, 3.05) is 12.0 Å². The Bertz CT molecular complexity index is 866. The number of nitrogens with zero attached hydrogens (tertiary/aromatic N) is 1. The first-order valence-electron chi connectivity index (χ1n) is 8.63. The topological polar surface area (TPSA) is 50.2 Å². The van der Waals surface area contributed by atoms with E-state index >= 15 is 4.39 Å². The number of benzene rings is 1. The van der Waals surface area contributed by atoms with Crippen LogP contribution in [0.3, 0.4) is 0 Å². The number of carbonyl (C=O) groups excluding carboxylic acids is 1. The molecule has 0 radical (unpaired) electrons. The fourth-order valence-electron chi connectivity index (χ4n) is 3.57. The van der Waals surface area contributed by atoms with Crippen molar-refractivity contribution in [2.45, 2.75) is 37.0 Å². The molecule has 144 valence electrons. The Morgan fingerprint density at radius 3 is 2.81 bits per heavy atom. The lowest BCUT2D eigenvalue weighted by atomic mass is 9.73. The van der Waals surface area contributed by atoms with E-state index in [1.54, 1.807) is 30.3 Å². The summed E-state index contributed by atoms with van der Waals surface area (Å²) in [6.45, 7) is 0. The van der Waals surface area contributed by atoms with Crippen molar-refractivity contribution in [1.29, 1.82) is 0 Å². The molecule has 7 heteroatoms. The van der Waals surface area contributed by atoms with Crippen molar-refractivity contribution in [3.63, 3.8) is 0 Å². The van der Waals surface area contributed by atoms with Crippen LogP contribution in [0.4, 0.5) is 4.39 Å². The van der Waals surface area contributed by atoms with E-state index in [1.165, 1.54) is 18.0 Å². The molecule has 27 heavy (non-hydrogen) atoms. The number of hydrogen-bond acceptors (Lipinski definition) is 4. The van der Waals surface area contributed by atoms with Gasteiger partial charge in [-0.15, -0.1) is 0 Å². The molecule has 0 bridgehead atoms. The summed E-state index contributed by atoms with van der Waals surface area (Å²) in [4.78, 5) is 17.1. The van der Waals surface area contributed by atoms with Crippen molar-refractivity contribution in [2.24, 2.45) is 0 Å². The maximum absolute atomic E-state index is 15.8.